The van der Waals surface area contributed by atoms with Crippen molar-refractivity contribution in [2.24, 2.45) is 5.92 Å². The van der Waals surface area contributed by atoms with Crippen LogP contribution in [0.4, 0.5) is 5.69 Å². The molecule has 1 amide bonds. The van der Waals surface area contributed by atoms with Crippen molar-refractivity contribution in [2.45, 2.75) is 46.1 Å². The van der Waals surface area contributed by atoms with Gasteiger partial charge in [-0.15, -0.1) is 0 Å². The van der Waals surface area contributed by atoms with Crippen LogP contribution in [0.1, 0.15) is 50.5 Å². The number of fused-ring (bicyclic) bond motifs is 1. The third-order valence-electron chi connectivity index (χ3n) is 3.74. The third kappa shape index (κ3) is 1.83. The number of aliphatic hydroxyl groups is 1. The zero-order valence-electron chi connectivity index (χ0n) is 11.7. The van der Waals surface area contributed by atoms with E-state index in [2.05, 4.69) is 5.32 Å². The Morgan fingerprint density at radius 2 is 1.89 bits per heavy atom. The Bertz CT molecular complexity index is 503. The minimum absolute atomic E-state index is 0.000283. The maximum Gasteiger partial charge on any atom is 0.234 e. The fraction of sp³-hybridized carbons (Fsp3) is 0.533. The van der Waals surface area contributed by atoms with Crippen LogP contribution >= 0.6 is 0 Å². The molecular formula is C15H21NO2. The number of amides is 1. The lowest BCUT2D eigenvalue weighted by molar-refractivity contribution is -0.119. The van der Waals surface area contributed by atoms with E-state index in [9.17, 15) is 9.90 Å². The summed E-state index contributed by atoms with van der Waals surface area (Å²) in [5.41, 5.74) is 3.18. The fourth-order valence-corrected chi connectivity index (χ4v) is 2.43. The zero-order valence-corrected chi connectivity index (χ0v) is 11.7. The van der Waals surface area contributed by atoms with Gasteiger partial charge in [-0.3, -0.25) is 4.79 Å². The van der Waals surface area contributed by atoms with Crippen LogP contribution in [0.3, 0.4) is 0 Å². The Hall–Kier alpha value is -1.35. The Morgan fingerprint density at radius 3 is 2.44 bits per heavy atom. The van der Waals surface area contributed by atoms with Gasteiger partial charge in [0.05, 0.1) is 17.2 Å². The lowest BCUT2D eigenvalue weighted by atomic mass is 9.83. The van der Waals surface area contributed by atoms with E-state index in [1.54, 1.807) is 0 Å². The summed E-state index contributed by atoms with van der Waals surface area (Å²) in [6, 6.07) is 4.00. The van der Waals surface area contributed by atoms with Gasteiger partial charge >= 0.3 is 0 Å². The smallest absolute Gasteiger partial charge is 0.234 e. The van der Waals surface area contributed by atoms with Gasteiger partial charge in [-0.25, -0.2) is 0 Å². The average molecular weight is 247 g/mol. The largest absolute Gasteiger partial charge is 0.388 e. The number of aryl methyl sites for hydroxylation is 1. The van der Waals surface area contributed by atoms with Crippen molar-refractivity contribution >= 4 is 11.6 Å². The highest BCUT2D eigenvalue weighted by Crippen LogP contribution is 2.43. The van der Waals surface area contributed by atoms with Crippen molar-refractivity contribution in [3.05, 3.63) is 28.8 Å². The second kappa shape index (κ2) is 4.09. The van der Waals surface area contributed by atoms with Crippen molar-refractivity contribution in [1.82, 2.24) is 0 Å². The summed E-state index contributed by atoms with van der Waals surface area (Å²) in [6.45, 7) is 9.77. The highest BCUT2D eigenvalue weighted by atomic mass is 16.3. The first-order valence-electron chi connectivity index (χ1n) is 6.39. The molecule has 0 fully saturated rings. The molecule has 0 saturated heterocycles. The molecule has 0 bridgehead atoms. The summed E-state index contributed by atoms with van der Waals surface area (Å²) < 4.78 is 0. The lowest BCUT2D eigenvalue weighted by Crippen LogP contribution is -2.26. The molecule has 0 spiro atoms. The van der Waals surface area contributed by atoms with Crippen LogP contribution in [0, 0.1) is 12.8 Å². The van der Waals surface area contributed by atoms with Gasteiger partial charge in [0.2, 0.25) is 5.91 Å². The van der Waals surface area contributed by atoms with Crippen molar-refractivity contribution in [3.63, 3.8) is 0 Å². The second-order valence-corrected chi connectivity index (χ2v) is 6.04. The van der Waals surface area contributed by atoms with E-state index in [0.717, 1.165) is 22.4 Å². The molecule has 1 heterocycles. The van der Waals surface area contributed by atoms with Gasteiger partial charge in [-0.05, 0) is 32.3 Å². The first-order valence-corrected chi connectivity index (χ1v) is 6.39. The van der Waals surface area contributed by atoms with Crippen LogP contribution in [-0.2, 0) is 10.2 Å². The first kappa shape index (κ1) is 13.1. The number of anilines is 1. The molecule has 1 aromatic rings. The highest BCUT2D eigenvalue weighted by Gasteiger charge is 2.40. The number of rotatable bonds is 2. The molecule has 0 radical (unpaired) electrons. The van der Waals surface area contributed by atoms with Crippen LogP contribution in [0.15, 0.2) is 12.1 Å². The van der Waals surface area contributed by atoms with Crippen LogP contribution in [0.2, 0.25) is 0 Å². The lowest BCUT2D eigenvalue weighted by Gasteiger charge is -2.20. The molecule has 1 atom stereocenters. The monoisotopic (exact) mass is 247 g/mol. The normalized spacial score (nSPS) is 18.7. The highest BCUT2D eigenvalue weighted by molar-refractivity contribution is 6.06. The number of benzene rings is 1. The molecule has 1 aromatic carbocycles. The van der Waals surface area contributed by atoms with E-state index in [4.69, 9.17) is 0 Å². The van der Waals surface area contributed by atoms with Crippen molar-refractivity contribution in [3.8, 4) is 0 Å². The van der Waals surface area contributed by atoms with Crippen LogP contribution in [0.5, 0.6) is 0 Å². The molecular weight excluding hydrogens is 226 g/mol. The van der Waals surface area contributed by atoms with Gasteiger partial charge in [0, 0.05) is 5.56 Å². The maximum atomic E-state index is 12.0. The number of aliphatic hydroxyl groups excluding tert-OH is 1. The minimum Gasteiger partial charge on any atom is -0.388 e. The zero-order chi connectivity index (χ0) is 13.7. The van der Waals surface area contributed by atoms with Gasteiger partial charge in [0.1, 0.15) is 0 Å². The van der Waals surface area contributed by atoms with Gasteiger partial charge in [-0.1, -0.05) is 31.5 Å². The van der Waals surface area contributed by atoms with Gasteiger partial charge in [0.15, 0.2) is 0 Å². The fourth-order valence-electron chi connectivity index (χ4n) is 2.43. The summed E-state index contributed by atoms with van der Waals surface area (Å²) in [6.07, 6.45) is -0.548. The molecule has 0 aromatic heterocycles. The van der Waals surface area contributed by atoms with Crippen molar-refractivity contribution < 1.29 is 9.90 Å². The van der Waals surface area contributed by atoms with E-state index in [-0.39, 0.29) is 11.8 Å². The molecule has 1 aliphatic rings. The van der Waals surface area contributed by atoms with Crippen LogP contribution in [-0.4, -0.2) is 11.0 Å². The Kier molecular flexibility index (Phi) is 2.98. The third-order valence-corrected chi connectivity index (χ3v) is 3.74. The summed E-state index contributed by atoms with van der Waals surface area (Å²) in [4.78, 5) is 12.0. The molecule has 18 heavy (non-hydrogen) atoms. The predicted molar refractivity (Wildman–Crippen MR) is 72.6 cm³/mol. The maximum absolute atomic E-state index is 12.0. The first-order chi connectivity index (χ1) is 8.25. The Labute approximate surface area is 108 Å². The van der Waals surface area contributed by atoms with E-state index in [0.29, 0.717) is 0 Å². The molecule has 3 nitrogen and oxygen atoms in total. The Balaban J connectivity index is 2.63. The summed E-state index contributed by atoms with van der Waals surface area (Å²) in [5, 5.41) is 13.2. The molecule has 2 rings (SSSR count). The molecule has 1 aliphatic heterocycles. The Morgan fingerprint density at radius 1 is 1.28 bits per heavy atom. The van der Waals surface area contributed by atoms with Crippen molar-refractivity contribution in [1.29, 1.82) is 0 Å². The van der Waals surface area contributed by atoms with Crippen LogP contribution in [0.25, 0.3) is 0 Å². The van der Waals surface area contributed by atoms with Crippen molar-refractivity contribution in [2.75, 3.05) is 5.32 Å². The number of hydrogen-bond acceptors (Lipinski definition) is 2. The van der Waals surface area contributed by atoms with Gasteiger partial charge < -0.3 is 10.4 Å². The standard InChI is InChI=1S/C15H21NO2/c1-8(2)13(17)10-6-9(3)7-11-12(10)16-14(18)15(11,4)5/h6-8,13,17H,1-5H3,(H,16,18). The second-order valence-electron chi connectivity index (χ2n) is 6.04. The number of nitrogens with one attached hydrogen (secondary N) is 1. The molecule has 0 saturated carbocycles. The SMILES string of the molecule is Cc1cc(C(O)C(C)C)c2c(c1)C(C)(C)C(=O)N2. The molecule has 98 valence electrons. The molecule has 1 unspecified atom stereocenters. The summed E-state index contributed by atoms with van der Waals surface area (Å²) in [7, 11) is 0. The quantitative estimate of drug-likeness (QED) is 0.844. The van der Waals surface area contributed by atoms with Crippen LogP contribution < -0.4 is 5.32 Å². The molecule has 2 N–H and O–H groups in total. The average Bonchev–Trinajstić information content (AvgIpc) is 2.49. The van der Waals surface area contributed by atoms with Gasteiger partial charge in [0.25, 0.3) is 0 Å². The van der Waals surface area contributed by atoms with E-state index >= 15 is 0 Å². The van der Waals surface area contributed by atoms with Gasteiger partial charge in [-0.2, -0.15) is 0 Å². The minimum atomic E-state index is -0.548. The number of hydrogen-bond donors (Lipinski definition) is 2. The number of carbonyl (C=O) groups is 1. The number of carbonyl (C=O) groups excluding carboxylic acids is 1. The predicted octanol–water partition coefficient (Wildman–Crippen LogP) is 2.91. The van der Waals surface area contributed by atoms with E-state index in [1.165, 1.54) is 0 Å². The van der Waals surface area contributed by atoms with E-state index < -0.39 is 11.5 Å². The molecule has 3 heteroatoms. The summed E-state index contributed by atoms with van der Waals surface area (Å²) in [5.74, 6) is 0.122. The summed E-state index contributed by atoms with van der Waals surface area (Å²) >= 11 is 0. The molecule has 0 aliphatic carbocycles. The topological polar surface area (TPSA) is 49.3 Å². The van der Waals surface area contributed by atoms with E-state index in [1.807, 2.05) is 46.8 Å².